The summed E-state index contributed by atoms with van der Waals surface area (Å²) in [5, 5.41) is 5.70. The number of carbonyl (C=O) groups excluding carboxylic acids is 1. The maximum atomic E-state index is 12.8. The number of hydrogen-bond donors (Lipinski definition) is 1. The fraction of sp³-hybridized carbons (Fsp3) is 0.333. The van der Waals surface area contributed by atoms with E-state index in [2.05, 4.69) is 10.5 Å². The van der Waals surface area contributed by atoms with E-state index in [4.69, 9.17) is 4.52 Å². The van der Waals surface area contributed by atoms with Gasteiger partial charge in [0.05, 0.1) is 28.3 Å². The number of nitrogens with one attached hydrogen (secondary N) is 1. The molecule has 0 spiro atoms. The second-order valence-corrected chi connectivity index (χ2v) is 6.26. The highest BCUT2D eigenvalue weighted by Crippen LogP contribution is 2.37. The van der Waals surface area contributed by atoms with Gasteiger partial charge in [0.25, 0.3) is 0 Å². The summed E-state index contributed by atoms with van der Waals surface area (Å²) in [4.78, 5) is 11.8. The molecule has 1 aromatic carbocycles. The first-order valence-electron chi connectivity index (χ1n) is 7.04. The van der Waals surface area contributed by atoms with Crippen molar-refractivity contribution in [3.05, 3.63) is 46.8 Å². The van der Waals surface area contributed by atoms with Crippen molar-refractivity contribution in [2.45, 2.75) is 25.0 Å². The monoisotopic (exact) mass is 398 g/mol. The van der Waals surface area contributed by atoms with Crippen LogP contribution in [0.15, 0.2) is 28.8 Å². The third-order valence-electron chi connectivity index (χ3n) is 3.03. The molecule has 0 bridgehead atoms. The number of nitrogens with zero attached hydrogens (tertiary/aromatic N) is 1. The molecule has 4 nitrogen and oxygen atoms in total. The zero-order chi connectivity index (χ0) is 19.5. The smallest absolute Gasteiger partial charge is 0.360 e. The summed E-state index contributed by atoms with van der Waals surface area (Å²) in [6, 6.07) is 2.55. The number of rotatable bonds is 5. The molecule has 0 unspecified atom stereocenters. The van der Waals surface area contributed by atoms with Gasteiger partial charge in [0, 0.05) is 11.8 Å². The third kappa shape index (κ3) is 5.68. The lowest BCUT2D eigenvalue weighted by Crippen LogP contribution is -2.17. The van der Waals surface area contributed by atoms with Gasteiger partial charge in [-0.1, -0.05) is 5.16 Å². The first-order valence-corrected chi connectivity index (χ1v) is 8.20. The van der Waals surface area contributed by atoms with Gasteiger partial charge in [-0.2, -0.15) is 26.3 Å². The second-order valence-electron chi connectivity index (χ2n) is 5.27. The molecule has 1 amide bonds. The minimum absolute atomic E-state index is 0.00333. The number of amides is 1. The van der Waals surface area contributed by atoms with Gasteiger partial charge < -0.3 is 9.84 Å². The van der Waals surface area contributed by atoms with Crippen LogP contribution in [0.1, 0.15) is 22.6 Å². The Bertz CT molecular complexity index is 753. The predicted octanol–water partition coefficient (Wildman–Crippen LogP) is 4.89. The van der Waals surface area contributed by atoms with Crippen molar-refractivity contribution in [2.75, 3.05) is 11.1 Å². The second kappa shape index (κ2) is 7.60. The van der Waals surface area contributed by atoms with Crippen LogP contribution in [0.4, 0.5) is 32.0 Å². The summed E-state index contributed by atoms with van der Waals surface area (Å²) < 4.78 is 81.5. The molecule has 0 radical (unpaired) electrons. The highest BCUT2D eigenvalue weighted by atomic mass is 32.2. The summed E-state index contributed by atoms with van der Waals surface area (Å²) in [6.45, 7) is 1.70. The van der Waals surface area contributed by atoms with Gasteiger partial charge >= 0.3 is 12.4 Å². The van der Waals surface area contributed by atoms with Crippen LogP contribution in [0.2, 0.25) is 0 Å². The van der Waals surface area contributed by atoms with Crippen LogP contribution in [-0.4, -0.2) is 16.8 Å². The number of aryl methyl sites for hydroxylation is 1. The lowest BCUT2D eigenvalue weighted by atomic mass is 10.1. The fourth-order valence-electron chi connectivity index (χ4n) is 1.95. The first-order chi connectivity index (χ1) is 11.9. The Morgan fingerprint density at radius 1 is 1.08 bits per heavy atom. The number of thioether (sulfide) groups is 1. The molecule has 0 saturated carbocycles. The van der Waals surface area contributed by atoms with Crippen LogP contribution in [0, 0.1) is 6.92 Å². The van der Waals surface area contributed by atoms with E-state index in [1.165, 1.54) is 0 Å². The molecule has 1 aromatic heterocycles. The Morgan fingerprint density at radius 2 is 1.65 bits per heavy atom. The highest BCUT2D eigenvalue weighted by molar-refractivity contribution is 7.99. The summed E-state index contributed by atoms with van der Waals surface area (Å²) in [5.74, 6) is -0.139. The van der Waals surface area contributed by atoms with Crippen molar-refractivity contribution in [1.82, 2.24) is 5.16 Å². The Hall–Kier alpha value is -2.17. The van der Waals surface area contributed by atoms with Gasteiger partial charge in [0.2, 0.25) is 5.91 Å². The number of aromatic nitrogens is 1. The van der Waals surface area contributed by atoms with Gasteiger partial charge in [-0.05, 0) is 25.1 Å². The summed E-state index contributed by atoms with van der Waals surface area (Å²) in [7, 11) is 0. The van der Waals surface area contributed by atoms with Crippen molar-refractivity contribution in [3.63, 3.8) is 0 Å². The van der Waals surface area contributed by atoms with Crippen molar-refractivity contribution in [1.29, 1.82) is 0 Å². The van der Waals surface area contributed by atoms with E-state index in [1.54, 1.807) is 13.0 Å². The maximum Gasteiger partial charge on any atom is 0.416 e. The van der Waals surface area contributed by atoms with Crippen LogP contribution in [0.3, 0.4) is 0 Å². The zero-order valence-electron chi connectivity index (χ0n) is 13.2. The minimum atomic E-state index is -4.97. The van der Waals surface area contributed by atoms with E-state index in [0.717, 1.165) is 11.8 Å². The number of carbonyl (C=O) groups is 1. The summed E-state index contributed by atoms with van der Waals surface area (Å²) in [6.07, 6.45) is -9.95. The molecule has 26 heavy (non-hydrogen) atoms. The average Bonchev–Trinajstić information content (AvgIpc) is 2.90. The van der Waals surface area contributed by atoms with Gasteiger partial charge in [0.15, 0.2) is 0 Å². The quantitative estimate of drug-likeness (QED) is 0.729. The highest BCUT2D eigenvalue weighted by Gasteiger charge is 2.37. The van der Waals surface area contributed by atoms with E-state index in [1.807, 2.05) is 0 Å². The SMILES string of the molecule is Cc1cc(CSCC(=O)Nc2cc(C(F)(F)F)cc(C(F)(F)F)c2)on1. The van der Waals surface area contributed by atoms with Gasteiger partial charge in [-0.3, -0.25) is 4.79 Å². The van der Waals surface area contributed by atoms with Gasteiger partial charge in [-0.25, -0.2) is 0 Å². The molecule has 0 aliphatic carbocycles. The Labute approximate surface area is 147 Å². The molecule has 11 heteroatoms. The van der Waals surface area contributed by atoms with Crippen LogP contribution in [-0.2, 0) is 22.9 Å². The van der Waals surface area contributed by atoms with E-state index in [9.17, 15) is 31.1 Å². The fourth-order valence-corrected chi connectivity index (χ4v) is 2.65. The number of anilines is 1. The van der Waals surface area contributed by atoms with Crippen LogP contribution >= 0.6 is 11.8 Å². The summed E-state index contributed by atoms with van der Waals surface area (Å²) in [5.41, 5.74) is -2.92. The van der Waals surface area contributed by atoms with Crippen molar-refractivity contribution in [3.8, 4) is 0 Å². The van der Waals surface area contributed by atoms with Crippen LogP contribution in [0.25, 0.3) is 0 Å². The molecule has 0 aliphatic heterocycles. The number of halogens is 6. The molecular weight excluding hydrogens is 386 g/mol. The largest absolute Gasteiger partial charge is 0.416 e. The molecule has 0 aliphatic rings. The molecule has 142 valence electrons. The van der Waals surface area contributed by atoms with Crippen LogP contribution < -0.4 is 5.32 Å². The third-order valence-corrected chi connectivity index (χ3v) is 3.98. The molecule has 0 fully saturated rings. The Kier molecular flexibility index (Phi) is 5.89. The Balaban J connectivity index is 2.06. The molecule has 2 rings (SSSR count). The van der Waals surface area contributed by atoms with Crippen molar-refractivity contribution >= 4 is 23.4 Å². The predicted molar refractivity (Wildman–Crippen MR) is 82.5 cm³/mol. The van der Waals surface area contributed by atoms with Gasteiger partial charge in [-0.15, -0.1) is 11.8 Å². The molecule has 0 saturated heterocycles. The van der Waals surface area contributed by atoms with E-state index < -0.39 is 35.1 Å². The maximum absolute atomic E-state index is 12.8. The van der Waals surface area contributed by atoms with Crippen molar-refractivity contribution in [2.24, 2.45) is 0 Å². The lowest BCUT2D eigenvalue weighted by Gasteiger charge is -2.14. The summed E-state index contributed by atoms with van der Waals surface area (Å²) >= 11 is 1.08. The van der Waals surface area contributed by atoms with E-state index >= 15 is 0 Å². The normalized spacial score (nSPS) is 12.3. The first kappa shape index (κ1) is 20.1. The lowest BCUT2D eigenvalue weighted by molar-refractivity contribution is -0.143. The van der Waals surface area contributed by atoms with Gasteiger partial charge in [0.1, 0.15) is 5.76 Å². The van der Waals surface area contributed by atoms with E-state index in [0.29, 0.717) is 23.6 Å². The molecule has 0 atom stereocenters. The minimum Gasteiger partial charge on any atom is -0.360 e. The molecular formula is C15H12F6N2O2S. The van der Waals surface area contributed by atoms with Crippen LogP contribution in [0.5, 0.6) is 0 Å². The van der Waals surface area contributed by atoms with Crippen molar-refractivity contribution < 1.29 is 35.7 Å². The van der Waals surface area contributed by atoms with E-state index in [-0.39, 0.29) is 17.6 Å². The topological polar surface area (TPSA) is 55.1 Å². The Morgan fingerprint density at radius 3 is 2.12 bits per heavy atom. The molecule has 1 heterocycles. The molecule has 2 aromatic rings. The molecule has 1 N–H and O–H groups in total. The number of alkyl halides is 6. The number of hydrogen-bond acceptors (Lipinski definition) is 4. The zero-order valence-corrected chi connectivity index (χ0v) is 14.0. The average molecular weight is 398 g/mol. The standard InChI is InChI=1S/C15H12F6N2O2S/c1-8-2-12(25-23-8)6-26-7-13(24)22-11-4-9(14(16,17)18)3-10(5-11)15(19,20)21/h2-5H,6-7H2,1H3,(H,22,24). The number of benzene rings is 1.